The van der Waals surface area contributed by atoms with Gasteiger partial charge in [0.15, 0.2) is 0 Å². The van der Waals surface area contributed by atoms with Gasteiger partial charge in [0.05, 0.1) is 12.8 Å². The molecule has 5 rings (SSSR count). The van der Waals surface area contributed by atoms with Gasteiger partial charge in [-0.25, -0.2) is 9.59 Å². The summed E-state index contributed by atoms with van der Waals surface area (Å²) in [7, 11) is 0. The number of aliphatic carboxylic acids is 2. The number of esters is 3. The summed E-state index contributed by atoms with van der Waals surface area (Å²) >= 11 is 0. The van der Waals surface area contributed by atoms with Gasteiger partial charge in [0.2, 0.25) is 17.7 Å². The van der Waals surface area contributed by atoms with Crippen LogP contribution in [0, 0.1) is 11.8 Å². The molecule has 0 spiro atoms. The molecule has 0 unspecified atom stereocenters. The number of carboxylic acid groups (broad SMARTS) is 2. The molecular formula is C57H80N4O13. The Morgan fingerprint density at radius 3 is 1.32 bits per heavy atom. The topological polar surface area (TPSA) is 267 Å². The Hall–Kier alpha value is -6.62. The van der Waals surface area contributed by atoms with Crippen LogP contribution >= 0.6 is 0 Å². The average Bonchev–Trinajstić information content (AvgIpc) is 3.33. The highest BCUT2D eigenvalue weighted by atomic mass is 16.6. The van der Waals surface area contributed by atoms with Crippen molar-refractivity contribution in [3.8, 4) is 0 Å². The van der Waals surface area contributed by atoms with Crippen LogP contribution in [0.3, 0.4) is 0 Å². The van der Waals surface area contributed by atoms with Gasteiger partial charge in [0.1, 0.15) is 41.0 Å². The molecule has 0 aliphatic heterocycles. The maximum absolute atomic E-state index is 13.2. The van der Waals surface area contributed by atoms with Crippen LogP contribution in [0.2, 0.25) is 0 Å². The monoisotopic (exact) mass is 1030 g/mol. The summed E-state index contributed by atoms with van der Waals surface area (Å²) in [4.78, 5) is 97.4. The standard InChI is InChI=1S/C25H36N2O6.C18H25NO5.C14H19NO2/c1-17(15-20(28)33-24(2,3)4)21(29)26-19(16-18-11-7-5-8-12-18)22(30)27-25(23(31)32)13-9-6-10-14-25;1-12(10-15(20)24-18(2,3)4)16(21)19-14(17(22)23)11-13-8-6-5-7-9-13;15-14(9-5-2-6-10-14)13(16)17-11-12-7-3-1-4-8-12/h5,7-8,11-12,17,19H,6,9-10,13-16H2,1-4H3,(H,26,29)(H,27,30)(H,31,32);5-9,12,14H,10-11H2,1-4H3,(H,19,21)(H,22,23);1,3-4,7-8H,2,5-6,9-11,15H2/t17-,19+;12-,14+;/m00./s1. The van der Waals surface area contributed by atoms with E-state index in [1.807, 2.05) is 66.7 Å². The first-order valence-corrected chi connectivity index (χ1v) is 25.6. The lowest BCUT2D eigenvalue weighted by atomic mass is 9.81. The molecule has 2 aliphatic carbocycles. The minimum absolute atomic E-state index is 0.0964. The predicted molar refractivity (Wildman–Crippen MR) is 279 cm³/mol. The second-order valence-corrected chi connectivity index (χ2v) is 21.4. The number of rotatable bonds is 19. The molecule has 2 saturated carbocycles. The molecule has 17 nitrogen and oxygen atoms in total. The Bertz CT molecular complexity index is 2280. The van der Waals surface area contributed by atoms with Crippen LogP contribution in [0.4, 0.5) is 0 Å². The zero-order chi connectivity index (χ0) is 55.1. The van der Waals surface area contributed by atoms with Crippen LogP contribution in [0.15, 0.2) is 91.0 Å². The van der Waals surface area contributed by atoms with Gasteiger partial charge < -0.3 is 46.1 Å². The smallest absolute Gasteiger partial charge is 0.329 e. The van der Waals surface area contributed by atoms with E-state index in [1.54, 1.807) is 79.7 Å². The van der Waals surface area contributed by atoms with Crippen molar-refractivity contribution < 1.29 is 62.8 Å². The van der Waals surface area contributed by atoms with Gasteiger partial charge in [-0.3, -0.25) is 28.8 Å². The number of carbonyl (C=O) groups is 8. The van der Waals surface area contributed by atoms with Crippen molar-refractivity contribution in [2.24, 2.45) is 17.6 Å². The fraction of sp³-hybridized carbons (Fsp3) is 0.544. The first kappa shape index (κ1) is 61.7. The first-order valence-electron chi connectivity index (χ1n) is 25.6. The van der Waals surface area contributed by atoms with E-state index in [0.29, 0.717) is 19.4 Å². The normalized spacial score (nSPS) is 16.4. The molecule has 0 bridgehead atoms. The minimum Gasteiger partial charge on any atom is -0.480 e. The summed E-state index contributed by atoms with van der Waals surface area (Å²) in [6.45, 7) is 14.0. The molecule has 3 amide bonds. The highest BCUT2D eigenvalue weighted by molar-refractivity contribution is 5.93. The van der Waals surface area contributed by atoms with Crippen molar-refractivity contribution in [3.05, 3.63) is 108 Å². The molecule has 0 aromatic heterocycles. The summed E-state index contributed by atoms with van der Waals surface area (Å²) in [5.41, 5.74) is 5.38. The van der Waals surface area contributed by atoms with E-state index in [-0.39, 0.29) is 31.7 Å². The highest BCUT2D eigenvalue weighted by Crippen LogP contribution is 2.29. The molecule has 3 aromatic rings. The predicted octanol–water partition coefficient (Wildman–Crippen LogP) is 7.54. The fourth-order valence-electron chi connectivity index (χ4n) is 8.31. The second kappa shape index (κ2) is 29.3. The van der Waals surface area contributed by atoms with Gasteiger partial charge >= 0.3 is 29.8 Å². The minimum atomic E-state index is -1.32. The summed E-state index contributed by atoms with van der Waals surface area (Å²) in [5, 5.41) is 27.0. The van der Waals surface area contributed by atoms with Gasteiger partial charge in [-0.05, 0) is 83.9 Å². The van der Waals surface area contributed by atoms with Crippen molar-refractivity contribution in [2.75, 3.05) is 0 Å². The largest absolute Gasteiger partial charge is 0.480 e. The van der Waals surface area contributed by atoms with E-state index in [1.165, 1.54) is 6.42 Å². The molecule has 74 heavy (non-hydrogen) atoms. The molecule has 0 radical (unpaired) electrons. The van der Waals surface area contributed by atoms with E-state index in [9.17, 15) is 48.6 Å². The number of nitrogens with two attached hydrogens (primary N) is 1. The highest BCUT2D eigenvalue weighted by Gasteiger charge is 2.43. The second-order valence-electron chi connectivity index (χ2n) is 21.4. The van der Waals surface area contributed by atoms with Gasteiger partial charge in [-0.1, -0.05) is 143 Å². The van der Waals surface area contributed by atoms with E-state index in [2.05, 4.69) is 16.0 Å². The Morgan fingerprint density at radius 1 is 0.554 bits per heavy atom. The molecular weight excluding hydrogens is 949 g/mol. The molecule has 0 heterocycles. The molecule has 0 saturated heterocycles. The van der Waals surface area contributed by atoms with Crippen LogP contribution < -0.4 is 21.7 Å². The van der Waals surface area contributed by atoms with Gasteiger partial charge in [0, 0.05) is 24.7 Å². The summed E-state index contributed by atoms with van der Waals surface area (Å²) in [5.74, 6) is -6.28. The van der Waals surface area contributed by atoms with Crippen molar-refractivity contribution in [1.82, 2.24) is 16.0 Å². The van der Waals surface area contributed by atoms with Crippen molar-refractivity contribution in [3.63, 3.8) is 0 Å². The molecule has 406 valence electrons. The van der Waals surface area contributed by atoms with Crippen molar-refractivity contribution in [1.29, 1.82) is 0 Å². The van der Waals surface area contributed by atoms with Gasteiger partial charge in [0.25, 0.3) is 0 Å². The molecule has 3 aromatic carbocycles. The van der Waals surface area contributed by atoms with E-state index in [0.717, 1.165) is 61.6 Å². The molecule has 4 atom stereocenters. The third-order valence-electron chi connectivity index (χ3n) is 12.3. The maximum atomic E-state index is 13.2. The SMILES string of the molecule is C[C@@H](CC(=O)OC(C)(C)C)C(=O)N[C@H](Cc1ccccc1)C(=O)NC1(C(=O)O)CCCCC1.C[C@@H](CC(=O)OC(C)(C)C)C(=O)N[C@H](Cc1ccccc1)C(=O)O.NC1(C(=O)OCc2ccccc2)CCCCC1. The first-order chi connectivity index (χ1) is 34.7. The molecule has 2 fully saturated rings. The third kappa shape index (κ3) is 22.7. The average molecular weight is 1030 g/mol. The van der Waals surface area contributed by atoms with Gasteiger partial charge in [-0.15, -0.1) is 0 Å². The van der Waals surface area contributed by atoms with E-state index in [4.69, 9.17) is 19.9 Å². The number of hydrogen-bond donors (Lipinski definition) is 6. The number of carbonyl (C=O) groups excluding carboxylic acids is 6. The number of hydrogen-bond acceptors (Lipinski definition) is 12. The lowest BCUT2D eigenvalue weighted by Crippen LogP contribution is -2.60. The van der Waals surface area contributed by atoms with E-state index >= 15 is 0 Å². The zero-order valence-electron chi connectivity index (χ0n) is 44.5. The quantitative estimate of drug-likeness (QED) is 0.0500. The lowest BCUT2D eigenvalue weighted by molar-refractivity contribution is -0.158. The molecule has 2 aliphatic rings. The van der Waals surface area contributed by atoms with Crippen LogP contribution in [-0.2, 0) is 72.0 Å². The van der Waals surface area contributed by atoms with Crippen molar-refractivity contribution >= 4 is 47.6 Å². The maximum Gasteiger partial charge on any atom is 0.329 e. The van der Waals surface area contributed by atoms with Crippen molar-refractivity contribution in [2.45, 2.75) is 186 Å². The Morgan fingerprint density at radius 2 is 0.932 bits per heavy atom. The third-order valence-corrected chi connectivity index (χ3v) is 12.3. The fourth-order valence-corrected chi connectivity index (χ4v) is 8.31. The molecule has 7 N–H and O–H groups in total. The summed E-state index contributed by atoms with van der Waals surface area (Å²) in [6.07, 6.45) is 7.96. The zero-order valence-corrected chi connectivity index (χ0v) is 44.5. The van der Waals surface area contributed by atoms with E-state index < -0.39 is 87.8 Å². The number of ether oxygens (including phenoxy) is 3. The number of amides is 3. The van der Waals surface area contributed by atoms with Crippen LogP contribution in [0.1, 0.15) is 149 Å². The Labute approximate surface area is 436 Å². The summed E-state index contributed by atoms with van der Waals surface area (Å²) < 4.78 is 15.8. The Kier molecular flexibility index (Phi) is 24.4. The number of benzene rings is 3. The van der Waals surface area contributed by atoms with Crippen LogP contribution in [0.25, 0.3) is 0 Å². The molecule has 17 heteroatoms. The number of nitrogens with one attached hydrogen (secondary N) is 3. The summed E-state index contributed by atoms with van der Waals surface area (Å²) in [6, 6.07) is 25.9. The lowest BCUT2D eigenvalue weighted by Gasteiger charge is -2.35. The van der Waals surface area contributed by atoms with Crippen LogP contribution in [-0.4, -0.2) is 92.1 Å². The Balaban J connectivity index is 0.000000309. The van der Waals surface area contributed by atoms with Crippen LogP contribution in [0.5, 0.6) is 0 Å². The van der Waals surface area contributed by atoms with Gasteiger partial charge in [-0.2, -0.15) is 0 Å². The number of carboxylic acids is 2.